The van der Waals surface area contributed by atoms with Gasteiger partial charge in [-0.2, -0.15) is 0 Å². The molecular weight excluding hydrogens is 324 g/mol. The second kappa shape index (κ2) is 7.49. The van der Waals surface area contributed by atoms with E-state index in [9.17, 15) is 9.59 Å². The van der Waals surface area contributed by atoms with Crippen LogP contribution in [0.4, 0.5) is 5.69 Å². The lowest BCUT2D eigenvalue weighted by Gasteiger charge is -2.24. The van der Waals surface area contributed by atoms with Gasteiger partial charge in [0.15, 0.2) is 0 Å². The monoisotopic (exact) mass is 342 g/mol. The van der Waals surface area contributed by atoms with E-state index < -0.39 is 6.04 Å². The Balaban J connectivity index is 1.62. The van der Waals surface area contributed by atoms with Crippen LogP contribution in [0.3, 0.4) is 0 Å². The summed E-state index contributed by atoms with van der Waals surface area (Å²) in [7, 11) is 0. The highest BCUT2D eigenvalue weighted by Crippen LogP contribution is 2.27. The molecule has 3 rings (SSSR count). The first-order valence-corrected chi connectivity index (χ1v) is 8.42. The summed E-state index contributed by atoms with van der Waals surface area (Å²) < 4.78 is 0. The molecule has 5 heteroatoms. The van der Waals surface area contributed by atoms with Crippen molar-refractivity contribution in [3.8, 4) is 0 Å². The molecule has 0 bridgehead atoms. The van der Waals surface area contributed by atoms with Gasteiger partial charge in [-0.15, -0.1) is 0 Å². The molecule has 1 unspecified atom stereocenters. The van der Waals surface area contributed by atoms with Gasteiger partial charge in [0.05, 0.1) is 0 Å². The number of halogens is 1. The fourth-order valence-electron chi connectivity index (χ4n) is 2.95. The highest BCUT2D eigenvalue weighted by Gasteiger charge is 2.36. The molecule has 2 amide bonds. The molecule has 0 radical (unpaired) electrons. The number of carbonyl (C=O) groups is 2. The predicted molar refractivity (Wildman–Crippen MR) is 95.1 cm³/mol. The van der Waals surface area contributed by atoms with Crippen molar-refractivity contribution in [1.29, 1.82) is 0 Å². The summed E-state index contributed by atoms with van der Waals surface area (Å²) in [6.45, 7) is 0.558. The molecule has 1 saturated heterocycles. The van der Waals surface area contributed by atoms with Crippen molar-refractivity contribution in [3.63, 3.8) is 0 Å². The van der Waals surface area contributed by atoms with Gasteiger partial charge in [0.25, 0.3) is 0 Å². The Bertz CT molecular complexity index is 716. The summed E-state index contributed by atoms with van der Waals surface area (Å²) in [5.74, 6) is -0.132. The zero-order valence-corrected chi connectivity index (χ0v) is 14.0. The molecule has 1 aliphatic rings. The number of nitrogens with zero attached hydrogens (tertiary/aromatic N) is 1. The van der Waals surface area contributed by atoms with Crippen molar-refractivity contribution in [1.82, 2.24) is 5.32 Å². The van der Waals surface area contributed by atoms with Gasteiger partial charge in [0.1, 0.15) is 6.04 Å². The lowest BCUT2D eigenvalue weighted by molar-refractivity contribution is -0.123. The molecule has 1 atom stereocenters. The minimum absolute atomic E-state index is 0.0273. The Hall–Kier alpha value is -2.33. The van der Waals surface area contributed by atoms with Gasteiger partial charge in [-0.3, -0.25) is 14.5 Å². The number of benzene rings is 2. The quantitative estimate of drug-likeness (QED) is 0.907. The van der Waals surface area contributed by atoms with E-state index in [0.717, 1.165) is 6.42 Å². The molecular formula is C19H19ClN2O2. The Kier molecular flexibility index (Phi) is 5.16. The fraction of sp³-hybridized carbons (Fsp3) is 0.263. The number of hydrogen-bond acceptors (Lipinski definition) is 2. The van der Waals surface area contributed by atoms with Crippen molar-refractivity contribution in [2.45, 2.75) is 25.3 Å². The molecule has 2 aromatic rings. The van der Waals surface area contributed by atoms with E-state index in [4.69, 9.17) is 11.6 Å². The minimum Gasteiger partial charge on any atom is -0.354 e. The van der Waals surface area contributed by atoms with Crippen LogP contribution in [0.1, 0.15) is 18.4 Å². The predicted octanol–water partition coefficient (Wildman–Crippen LogP) is 3.19. The number of rotatable bonds is 5. The normalized spacial score (nSPS) is 17.1. The van der Waals surface area contributed by atoms with Crippen LogP contribution in [-0.4, -0.2) is 24.4 Å². The number of nitrogens with one attached hydrogen (secondary N) is 1. The van der Waals surface area contributed by atoms with E-state index in [1.54, 1.807) is 29.2 Å². The lowest BCUT2D eigenvalue weighted by Crippen LogP contribution is -2.45. The number of amides is 2. The summed E-state index contributed by atoms with van der Waals surface area (Å²) in [5.41, 5.74) is 1.89. The van der Waals surface area contributed by atoms with Crippen LogP contribution in [0.15, 0.2) is 54.6 Å². The van der Waals surface area contributed by atoms with Crippen molar-refractivity contribution in [2.24, 2.45) is 0 Å². The highest BCUT2D eigenvalue weighted by molar-refractivity contribution is 6.30. The van der Waals surface area contributed by atoms with Crippen LogP contribution in [0.5, 0.6) is 0 Å². The molecule has 0 aliphatic carbocycles. The van der Waals surface area contributed by atoms with Crippen molar-refractivity contribution >= 4 is 29.1 Å². The maximum Gasteiger partial charge on any atom is 0.243 e. The Labute approximate surface area is 146 Å². The molecule has 4 nitrogen and oxygen atoms in total. The SMILES string of the molecule is O=C(NCCc1ccccc1)C1CCC(=O)N1c1ccc(Cl)cc1. The summed E-state index contributed by atoms with van der Waals surface area (Å²) in [4.78, 5) is 26.3. The van der Waals surface area contributed by atoms with E-state index in [2.05, 4.69) is 5.32 Å². The maximum atomic E-state index is 12.5. The van der Waals surface area contributed by atoms with E-state index in [1.165, 1.54) is 5.56 Å². The third-order valence-electron chi connectivity index (χ3n) is 4.18. The summed E-state index contributed by atoms with van der Waals surface area (Å²) in [6.07, 6.45) is 1.70. The van der Waals surface area contributed by atoms with Crippen LogP contribution in [0.2, 0.25) is 5.02 Å². The topological polar surface area (TPSA) is 49.4 Å². The Morgan fingerprint density at radius 1 is 1.12 bits per heavy atom. The Morgan fingerprint density at radius 2 is 1.83 bits per heavy atom. The second-order valence-corrected chi connectivity index (χ2v) is 6.26. The first kappa shape index (κ1) is 16.5. The van der Waals surface area contributed by atoms with Gasteiger partial charge in [-0.1, -0.05) is 41.9 Å². The molecule has 1 N–H and O–H groups in total. The van der Waals surface area contributed by atoms with Gasteiger partial charge < -0.3 is 5.32 Å². The Morgan fingerprint density at radius 3 is 2.54 bits per heavy atom. The van der Waals surface area contributed by atoms with Crippen LogP contribution in [-0.2, 0) is 16.0 Å². The minimum atomic E-state index is -0.450. The number of hydrogen-bond donors (Lipinski definition) is 1. The maximum absolute atomic E-state index is 12.5. The van der Waals surface area contributed by atoms with Crippen molar-refractivity contribution < 1.29 is 9.59 Å². The number of anilines is 1. The third-order valence-corrected chi connectivity index (χ3v) is 4.43. The average molecular weight is 343 g/mol. The zero-order valence-electron chi connectivity index (χ0n) is 13.2. The van der Waals surface area contributed by atoms with Gasteiger partial charge in [-0.05, 0) is 42.7 Å². The van der Waals surface area contributed by atoms with Crippen molar-refractivity contribution in [2.75, 3.05) is 11.4 Å². The molecule has 1 fully saturated rings. The molecule has 24 heavy (non-hydrogen) atoms. The lowest BCUT2D eigenvalue weighted by atomic mass is 10.1. The van der Waals surface area contributed by atoms with E-state index >= 15 is 0 Å². The standard InChI is InChI=1S/C19H19ClN2O2/c20-15-6-8-16(9-7-15)22-17(10-11-18(22)23)19(24)21-13-12-14-4-2-1-3-5-14/h1-9,17H,10-13H2,(H,21,24). The van der Waals surface area contributed by atoms with Crippen LogP contribution >= 0.6 is 11.6 Å². The van der Waals surface area contributed by atoms with E-state index in [-0.39, 0.29) is 11.8 Å². The first-order chi connectivity index (χ1) is 11.6. The van der Waals surface area contributed by atoms with Gasteiger partial charge in [0.2, 0.25) is 11.8 Å². The first-order valence-electron chi connectivity index (χ1n) is 8.04. The molecule has 124 valence electrons. The summed E-state index contributed by atoms with van der Waals surface area (Å²) in [5, 5.41) is 3.55. The van der Waals surface area contributed by atoms with E-state index in [0.29, 0.717) is 30.1 Å². The third kappa shape index (κ3) is 3.77. The van der Waals surface area contributed by atoms with Crippen LogP contribution < -0.4 is 10.2 Å². The smallest absolute Gasteiger partial charge is 0.243 e. The second-order valence-electron chi connectivity index (χ2n) is 5.82. The van der Waals surface area contributed by atoms with Gasteiger partial charge in [0, 0.05) is 23.7 Å². The molecule has 1 aliphatic heterocycles. The van der Waals surface area contributed by atoms with E-state index in [1.807, 2.05) is 30.3 Å². The highest BCUT2D eigenvalue weighted by atomic mass is 35.5. The van der Waals surface area contributed by atoms with Gasteiger partial charge in [-0.25, -0.2) is 0 Å². The van der Waals surface area contributed by atoms with Crippen molar-refractivity contribution in [3.05, 3.63) is 65.2 Å². The fourth-order valence-corrected chi connectivity index (χ4v) is 3.08. The summed E-state index contributed by atoms with van der Waals surface area (Å²) in [6, 6.07) is 16.6. The average Bonchev–Trinajstić information content (AvgIpc) is 2.98. The molecule has 2 aromatic carbocycles. The van der Waals surface area contributed by atoms with Gasteiger partial charge >= 0.3 is 0 Å². The summed E-state index contributed by atoms with van der Waals surface area (Å²) >= 11 is 5.90. The largest absolute Gasteiger partial charge is 0.354 e. The van der Waals surface area contributed by atoms with Crippen LogP contribution in [0, 0.1) is 0 Å². The molecule has 0 aromatic heterocycles. The molecule has 1 heterocycles. The number of carbonyl (C=O) groups excluding carboxylic acids is 2. The molecule has 0 spiro atoms. The van der Waals surface area contributed by atoms with Crippen LogP contribution in [0.25, 0.3) is 0 Å². The molecule has 0 saturated carbocycles. The zero-order chi connectivity index (χ0) is 16.9.